The van der Waals surface area contributed by atoms with Crippen LogP contribution in [0.4, 0.5) is 5.95 Å². The lowest BCUT2D eigenvalue weighted by atomic mass is 10.1. The Bertz CT molecular complexity index is 710. The molecule has 0 bridgehead atoms. The van der Waals surface area contributed by atoms with Crippen molar-refractivity contribution in [2.45, 2.75) is 0 Å². The zero-order valence-corrected chi connectivity index (χ0v) is 7.74. The molecule has 5 heteroatoms. The van der Waals surface area contributed by atoms with Gasteiger partial charge in [-0.1, -0.05) is 0 Å². The molecule has 3 aromatic rings. The highest BCUT2D eigenvalue weighted by atomic mass is 16.1. The highest BCUT2D eigenvalue weighted by molar-refractivity contribution is 6.04. The number of hydrogen-bond donors (Lipinski definition) is 3. The highest BCUT2D eigenvalue weighted by Gasteiger charge is 2.06. The maximum atomic E-state index is 11.7. The average molecular weight is 200 g/mol. The second kappa shape index (κ2) is 2.60. The summed E-state index contributed by atoms with van der Waals surface area (Å²) in [5.41, 5.74) is 6.79. The van der Waals surface area contributed by atoms with Gasteiger partial charge in [0.2, 0.25) is 5.95 Å². The predicted molar refractivity (Wildman–Crippen MR) is 58.6 cm³/mol. The second-order valence-corrected chi connectivity index (χ2v) is 3.35. The molecule has 2 aromatic heterocycles. The van der Waals surface area contributed by atoms with E-state index in [-0.39, 0.29) is 11.5 Å². The summed E-state index contributed by atoms with van der Waals surface area (Å²) < 4.78 is 0. The van der Waals surface area contributed by atoms with Crippen LogP contribution in [-0.4, -0.2) is 15.0 Å². The zero-order valence-electron chi connectivity index (χ0n) is 7.74. The van der Waals surface area contributed by atoms with Crippen LogP contribution >= 0.6 is 0 Å². The third kappa shape index (κ3) is 1.03. The van der Waals surface area contributed by atoms with E-state index in [0.717, 1.165) is 10.9 Å². The van der Waals surface area contributed by atoms with Crippen LogP contribution in [0.25, 0.3) is 21.8 Å². The molecule has 0 fully saturated rings. The number of aromatic nitrogens is 3. The molecule has 0 amide bonds. The second-order valence-electron chi connectivity index (χ2n) is 3.35. The fourth-order valence-electron chi connectivity index (χ4n) is 1.79. The van der Waals surface area contributed by atoms with E-state index in [1.165, 1.54) is 0 Å². The molecule has 0 saturated carbocycles. The van der Waals surface area contributed by atoms with Crippen molar-refractivity contribution in [1.29, 1.82) is 0 Å². The summed E-state index contributed by atoms with van der Waals surface area (Å²) in [4.78, 5) is 21.3. The molecule has 0 aliphatic heterocycles. The lowest BCUT2D eigenvalue weighted by Gasteiger charge is -1.99. The number of nitrogens with one attached hydrogen (secondary N) is 2. The lowest BCUT2D eigenvalue weighted by molar-refractivity contribution is 1.19. The number of H-pyrrole nitrogens is 2. The summed E-state index contributed by atoms with van der Waals surface area (Å²) in [7, 11) is 0. The Morgan fingerprint density at radius 2 is 2.13 bits per heavy atom. The van der Waals surface area contributed by atoms with Gasteiger partial charge in [-0.3, -0.25) is 9.78 Å². The van der Waals surface area contributed by atoms with E-state index in [2.05, 4.69) is 15.0 Å². The first kappa shape index (κ1) is 8.05. The molecule has 0 aliphatic rings. The van der Waals surface area contributed by atoms with E-state index in [9.17, 15) is 4.79 Å². The summed E-state index contributed by atoms with van der Waals surface area (Å²) in [6.07, 6.45) is 1.79. The molecule has 5 nitrogen and oxygen atoms in total. The highest BCUT2D eigenvalue weighted by Crippen LogP contribution is 2.20. The molecular formula is C10H8N4O. The largest absolute Gasteiger partial charge is 0.369 e. The predicted octanol–water partition coefficient (Wildman–Crippen LogP) is 0.987. The molecule has 15 heavy (non-hydrogen) atoms. The molecule has 0 aliphatic carbocycles. The van der Waals surface area contributed by atoms with Crippen molar-refractivity contribution in [2.24, 2.45) is 0 Å². The third-order valence-corrected chi connectivity index (χ3v) is 2.42. The van der Waals surface area contributed by atoms with E-state index >= 15 is 0 Å². The number of hydrogen-bond acceptors (Lipinski definition) is 3. The Morgan fingerprint density at radius 1 is 1.27 bits per heavy atom. The van der Waals surface area contributed by atoms with Crippen molar-refractivity contribution in [1.82, 2.24) is 15.0 Å². The molecule has 2 heterocycles. The van der Waals surface area contributed by atoms with Crippen molar-refractivity contribution < 1.29 is 0 Å². The Balaban J connectivity index is 2.68. The van der Waals surface area contributed by atoms with Gasteiger partial charge >= 0.3 is 0 Å². The normalized spacial score (nSPS) is 11.2. The monoisotopic (exact) mass is 200 g/mol. The van der Waals surface area contributed by atoms with Gasteiger partial charge in [-0.2, -0.15) is 0 Å². The number of benzene rings is 1. The minimum absolute atomic E-state index is 0.141. The van der Waals surface area contributed by atoms with Gasteiger partial charge in [0.1, 0.15) is 0 Å². The summed E-state index contributed by atoms with van der Waals surface area (Å²) >= 11 is 0. The first-order valence-electron chi connectivity index (χ1n) is 4.51. The molecule has 1 aromatic carbocycles. The number of fused-ring (bicyclic) bond motifs is 3. The fraction of sp³-hybridized carbons (Fsp3) is 0. The first-order chi connectivity index (χ1) is 7.25. The fourth-order valence-corrected chi connectivity index (χ4v) is 1.79. The molecule has 0 unspecified atom stereocenters. The summed E-state index contributed by atoms with van der Waals surface area (Å²) in [5.74, 6) is 0.141. The number of aromatic amines is 2. The molecule has 4 N–H and O–H groups in total. The van der Waals surface area contributed by atoms with Gasteiger partial charge in [-0.25, -0.2) is 4.98 Å². The average Bonchev–Trinajstić information content (AvgIpc) is 2.63. The van der Waals surface area contributed by atoms with Crippen molar-refractivity contribution >= 4 is 27.8 Å². The number of nitrogens with two attached hydrogens (primary N) is 1. The van der Waals surface area contributed by atoms with Crippen LogP contribution < -0.4 is 11.3 Å². The van der Waals surface area contributed by atoms with E-state index in [4.69, 9.17) is 5.73 Å². The minimum atomic E-state index is -0.206. The van der Waals surface area contributed by atoms with Gasteiger partial charge in [-0.15, -0.1) is 0 Å². The standard InChI is InChI=1S/C10H8N4O/c11-10-13-7-2-1-6-5(3-4-12-6)8(7)9(15)14-10/h1-4,12H,(H3,11,13,14,15). The maximum absolute atomic E-state index is 11.7. The van der Waals surface area contributed by atoms with Crippen LogP contribution in [0, 0.1) is 0 Å². The molecule has 0 radical (unpaired) electrons. The van der Waals surface area contributed by atoms with E-state index in [0.29, 0.717) is 10.9 Å². The Hall–Kier alpha value is -2.30. The van der Waals surface area contributed by atoms with Gasteiger partial charge in [-0.05, 0) is 18.2 Å². The maximum Gasteiger partial charge on any atom is 0.260 e. The van der Waals surface area contributed by atoms with Gasteiger partial charge in [0, 0.05) is 17.1 Å². The van der Waals surface area contributed by atoms with Crippen LogP contribution in [0.5, 0.6) is 0 Å². The Kier molecular flexibility index (Phi) is 1.39. The molecule has 74 valence electrons. The zero-order chi connectivity index (χ0) is 10.4. The van der Waals surface area contributed by atoms with Crippen LogP contribution in [0.2, 0.25) is 0 Å². The summed E-state index contributed by atoms with van der Waals surface area (Å²) in [6.45, 7) is 0. The first-order valence-corrected chi connectivity index (χ1v) is 4.51. The molecule has 0 spiro atoms. The quantitative estimate of drug-likeness (QED) is 0.505. The number of nitrogens with zero attached hydrogens (tertiary/aromatic N) is 1. The van der Waals surface area contributed by atoms with E-state index < -0.39 is 0 Å². The molecule has 0 atom stereocenters. The van der Waals surface area contributed by atoms with Crippen molar-refractivity contribution in [3.63, 3.8) is 0 Å². The van der Waals surface area contributed by atoms with Gasteiger partial charge in [0.05, 0.1) is 10.9 Å². The van der Waals surface area contributed by atoms with E-state index in [1.807, 2.05) is 12.1 Å². The van der Waals surface area contributed by atoms with Crippen LogP contribution in [0.3, 0.4) is 0 Å². The number of nitrogen functional groups attached to an aromatic ring is 1. The lowest BCUT2D eigenvalue weighted by Crippen LogP contribution is -2.11. The van der Waals surface area contributed by atoms with Crippen molar-refractivity contribution in [2.75, 3.05) is 5.73 Å². The van der Waals surface area contributed by atoms with Gasteiger partial charge in [0.25, 0.3) is 5.56 Å². The molecule has 0 saturated heterocycles. The van der Waals surface area contributed by atoms with Gasteiger partial charge < -0.3 is 10.7 Å². The summed E-state index contributed by atoms with van der Waals surface area (Å²) in [6, 6.07) is 5.51. The van der Waals surface area contributed by atoms with Gasteiger partial charge in [0.15, 0.2) is 0 Å². The van der Waals surface area contributed by atoms with Crippen molar-refractivity contribution in [3.05, 3.63) is 34.7 Å². The number of anilines is 1. The topological polar surface area (TPSA) is 87.6 Å². The summed E-state index contributed by atoms with van der Waals surface area (Å²) in [5, 5.41) is 1.43. The smallest absolute Gasteiger partial charge is 0.260 e. The third-order valence-electron chi connectivity index (χ3n) is 2.42. The Labute approximate surface area is 83.9 Å². The van der Waals surface area contributed by atoms with Crippen LogP contribution in [0.15, 0.2) is 29.2 Å². The van der Waals surface area contributed by atoms with Crippen LogP contribution in [-0.2, 0) is 0 Å². The SMILES string of the molecule is Nc1nc2ccc3[nH]ccc3c2c(=O)[nH]1. The van der Waals surface area contributed by atoms with Crippen LogP contribution in [0.1, 0.15) is 0 Å². The molecular weight excluding hydrogens is 192 g/mol. The minimum Gasteiger partial charge on any atom is -0.369 e. The van der Waals surface area contributed by atoms with Crippen molar-refractivity contribution in [3.8, 4) is 0 Å². The Morgan fingerprint density at radius 3 is 3.00 bits per heavy atom. The molecule has 3 rings (SSSR count). The number of rotatable bonds is 0. The van der Waals surface area contributed by atoms with E-state index in [1.54, 1.807) is 12.3 Å².